The van der Waals surface area contributed by atoms with Crippen LogP contribution in [-0.4, -0.2) is 24.3 Å². The van der Waals surface area contributed by atoms with Crippen molar-refractivity contribution in [2.45, 2.75) is 77.7 Å². The highest BCUT2D eigenvalue weighted by molar-refractivity contribution is 4.73. The summed E-state index contributed by atoms with van der Waals surface area (Å²) in [6.45, 7) is 6.40. The Labute approximate surface area is 114 Å². The summed E-state index contributed by atoms with van der Waals surface area (Å²) in [4.78, 5) is 0. The molecule has 0 amide bonds. The van der Waals surface area contributed by atoms with E-state index in [-0.39, 0.29) is 6.10 Å². The molecule has 2 N–H and O–H groups in total. The molecule has 1 saturated carbocycles. The summed E-state index contributed by atoms with van der Waals surface area (Å²) in [5.74, 6) is 1.59. The number of hydrogen-bond donors (Lipinski definition) is 2. The van der Waals surface area contributed by atoms with Gasteiger partial charge in [0.15, 0.2) is 0 Å². The molecule has 0 spiro atoms. The zero-order valence-corrected chi connectivity index (χ0v) is 12.5. The second-order valence-corrected chi connectivity index (χ2v) is 6.11. The Morgan fingerprint density at radius 3 is 2.50 bits per heavy atom. The van der Waals surface area contributed by atoms with Crippen molar-refractivity contribution >= 4 is 0 Å². The van der Waals surface area contributed by atoms with Crippen molar-refractivity contribution in [1.29, 1.82) is 0 Å². The van der Waals surface area contributed by atoms with Crippen molar-refractivity contribution in [2.24, 2.45) is 11.8 Å². The van der Waals surface area contributed by atoms with Crippen molar-refractivity contribution < 1.29 is 5.11 Å². The highest BCUT2D eigenvalue weighted by atomic mass is 16.3. The zero-order valence-electron chi connectivity index (χ0n) is 12.5. The number of rotatable bonds is 10. The van der Waals surface area contributed by atoms with Crippen molar-refractivity contribution in [3.05, 3.63) is 0 Å². The summed E-state index contributed by atoms with van der Waals surface area (Å²) < 4.78 is 0. The maximum atomic E-state index is 10.0. The molecule has 2 unspecified atom stereocenters. The second-order valence-electron chi connectivity index (χ2n) is 6.11. The predicted molar refractivity (Wildman–Crippen MR) is 78.8 cm³/mol. The molecule has 2 heteroatoms. The van der Waals surface area contributed by atoms with E-state index in [4.69, 9.17) is 0 Å². The Bertz CT molecular complexity index is 190. The first kappa shape index (κ1) is 16.0. The van der Waals surface area contributed by atoms with Gasteiger partial charge in [0, 0.05) is 6.54 Å². The topological polar surface area (TPSA) is 32.3 Å². The summed E-state index contributed by atoms with van der Waals surface area (Å²) in [7, 11) is 0. The van der Waals surface area contributed by atoms with Crippen LogP contribution >= 0.6 is 0 Å². The van der Waals surface area contributed by atoms with Gasteiger partial charge in [-0.05, 0) is 31.2 Å². The fourth-order valence-electron chi connectivity index (χ4n) is 3.11. The number of aliphatic hydroxyl groups is 1. The molecule has 2 atom stereocenters. The molecule has 18 heavy (non-hydrogen) atoms. The molecule has 108 valence electrons. The first-order valence-electron chi connectivity index (χ1n) is 8.15. The molecule has 0 aromatic carbocycles. The Kier molecular flexibility index (Phi) is 8.70. The van der Waals surface area contributed by atoms with Gasteiger partial charge in [0.2, 0.25) is 0 Å². The van der Waals surface area contributed by atoms with Crippen LogP contribution in [0.4, 0.5) is 0 Å². The average molecular weight is 255 g/mol. The van der Waals surface area contributed by atoms with Gasteiger partial charge in [-0.25, -0.2) is 0 Å². The predicted octanol–water partition coefficient (Wildman–Crippen LogP) is 3.73. The van der Waals surface area contributed by atoms with E-state index in [9.17, 15) is 5.11 Å². The number of aliphatic hydroxyl groups excluding tert-OH is 1. The monoisotopic (exact) mass is 255 g/mol. The lowest BCUT2D eigenvalue weighted by Crippen LogP contribution is -2.31. The number of hydrogen-bond acceptors (Lipinski definition) is 2. The van der Waals surface area contributed by atoms with Gasteiger partial charge < -0.3 is 10.4 Å². The molecular formula is C16H33NO. The summed E-state index contributed by atoms with van der Waals surface area (Å²) >= 11 is 0. The molecule has 0 saturated heterocycles. The van der Waals surface area contributed by atoms with Crippen LogP contribution in [0.2, 0.25) is 0 Å². The Morgan fingerprint density at radius 2 is 1.89 bits per heavy atom. The smallest absolute Gasteiger partial charge is 0.0667 e. The van der Waals surface area contributed by atoms with E-state index < -0.39 is 0 Å². The van der Waals surface area contributed by atoms with Crippen LogP contribution in [0.3, 0.4) is 0 Å². The van der Waals surface area contributed by atoms with E-state index >= 15 is 0 Å². The molecule has 0 aromatic rings. The highest BCUT2D eigenvalue weighted by Crippen LogP contribution is 2.28. The third-order valence-electron chi connectivity index (χ3n) is 4.44. The van der Waals surface area contributed by atoms with Crippen molar-refractivity contribution in [3.8, 4) is 0 Å². The molecule has 2 nitrogen and oxygen atoms in total. The SMILES string of the molecule is CCCCC(CC)CNCC(O)CC1CCCC1. The minimum atomic E-state index is -0.128. The summed E-state index contributed by atoms with van der Waals surface area (Å²) in [6.07, 6.45) is 11.5. The van der Waals surface area contributed by atoms with Crippen molar-refractivity contribution in [3.63, 3.8) is 0 Å². The van der Waals surface area contributed by atoms with Crippen LogP contribution in [0, 0.1) is 11.8 Å². The van der Waals surface area contributed by atoms with E-state index in [1.54, 1.807) is 0 Å². The molecule has 0 radical (unpaired) electrons. The quantitative estimate of drug-likeness (QED) is 0.623. The summed E-state index contributed by atoms with van der Waals surface area (Å²) in [5, 5.41) is 13.5. The molecule has 0 aromatic heterocycles. The minimum Gasteiger partial charge on any atom is -0.392 e. The molecule has 1 aliphatic carbocycles. The van der Waals surface area contributed by atoms with Crippen LogP contribution in [-0.2, 0) is 0 Å². The first-order valence-corrected chi connectivity index (χ1v) is 8.15. The standard InChI is InChI=1S/C16H33NO/c1-3-5-8-14(4-2)12-17-13-16(18)11-15-9-6-7-10-15/h14-18H,3-13H2,1-2H3. The van der Waals surface area contributed by atoms with Crippen LogP contribution in [0.5, 0.6) is 0 Å². The van der Waals surface area contributed by atoms with Gasteiger partial charge in [0.25, 0.3) is 0 Å². The summed E-state index contributed by atoms with van der Waals surface area (Å²) in [5.41, 5.74) is 0. The normalized spacial score (nSPS) is 20.2. The molecule has 0 aliphatic heterocycles. The van der Waals surface area contributed by atoms with E-state index in [1.807, 2.05) is 0 Å². The maximum absolute atomic E-state index is 10.0. The van der Waals surface area contributed by atoms with E-state index in [0.29, 0.717) is 0 Å². The molecule has 0 heterocycles. The fourth-order valence-corrected chi connectivity index (χ4v) is 3.11. The minimum absolute atomic E-state index is 0.128. The lowest BCUT2D eigenvalue weighted by molar-refractivity contribution is 0.139. The van der Waals surface area contributed by atoms with Crippen LogP contribution in [0.25, 0.3) is 0 Å². The molecular weight excluding hydrogens is 222 g/mol. The molecule has 1 fully saturated rings. The van der Waals surface area contributed by atoms with Crippen LogP contribution in [0.1, 0.15) is 71.6 Å². The largest absolute Gasteiger partial charge is 0.392 e. The zero-order chi connectivity index (χ0) is 13.2. The van der Waals surface area contributed by atoms with Gasteiger partial charge in [-0.15, -0.1) is 0 Å². The molecule has 1 rings (SSSR count). The third kappa shape index (κ3) is 6.75. The van der Waals surface area contributed by atoms with Gasteiger partial charge in [0.05, 0.1) is 6.10 Å². The Balaban J connectivity index is 2.03. The highest BCUT2D eigenvalue weighted by Gasteiger charge is 2.18. The van der Waals surface area contributed by atoms with E-state index in [2.05, 4.69) is 19.2 Å². The lowest BCUT2D eigenvalue weighted by Gasteiger charge is -2.19. The Hall–Kier alpha value is -0.0800. The summed E-state index contributed by atoms with van der Waals surface area (Å²) in [6, 6.07) is 0. The van der Waals surface area contributed by atoms with Crippen molar-refractivity contribution in [1.82, 2.24) is 5.32 Å². The van der Waals surface area contributed by atoms with Gasteiger partial charge in [-0.1, -0.05) is 58.8 Å². The van der Waals surface area contributed by atoms with E-state index in [0.717, 1.165) is 31.3 Å². The van der Waals surface area contributed by atoms with Gasteiger partial charge in [-0.2, -0.15) is 0 Å². The number of nitrogens with one attached hydrogen (secondary N) is 1. The van der Waals surface area contributed by atoms with Gasteiger partial charge in [0.1, 0.15) is 0 Å². The lowest BCUT2D eigenvalue weighted by atomic mass is 9.98. The van der Waals surface area contributed by atoms with Crippen LogP contribution < -0.4 is 5.32 Å². The van der Waals surface area contributed by atoms with Crippen LogP contribution in [0.15, 0.2) is 0 Å². The third-order valence-corrected chi connectivity index (χ3v) is 4.44. The van der Waals surface area contributed by atoms with Gasteiger partial charge >= 0.3 is 0 Å². The van der Waals surface area contributed by atoms with E-state index in [1.165, 1.54) is 51.4 Å². The molecule has 1 aliphatic rings. The average Bonchev–Trinajstić information content (AvgIpc) is 2.86. The first-order chi connectivity index (χ1) is 8.76. The van der Waals surface area contributed by atoms with Gasteiger partial charge in [-0.3, -0.25) is 0 Å². The molecule has 0 bridgehead atoms. The number of unbranched alkanes of at least 4 members (excludes halogenated alkanes) is 1. The fraction of sp³-hybridized carbons (Fsp3) is 1.00. The maximum Gasteiger partial charge on any atom is 0.0667 e. The Morgan fingerprint density at radius 1 is 1.17 bits per heavy atom. The second kappa shape index (κ2) is 9.80. The van der Waals surface area contributed by atoms with Crippen molar-refractivity contribution in [2.75, 3.05) is 13.1 Å².